The molecule has 1 aromatic heterocycles. The van der Waals surface area contributed by atoms with Gasteiger partial charge in [0.25, 0.3) is 5.91 Å². The summed E-state index contributed by atoms with van der Waals surface area (Å²) in [4.78, 5) is 22.5. The number of amides is 1. The normalized spacial score (nSPS) is 11.5. The van der Waals surface area contributed by atoms with E-state index < -0.39 is 5.91 Å². The SMILES string of the molecule is Cn1cc(C(N)=O)c(=O)cc1C(C)(C)C. The van der Waals surface area contributed by atoms with Gasteiger partial charge in [0.1, 0.15) is 5.56 Å². The smallest absolute Gasteiger partial charge is 0.254 e. The summed E-state index contributed by atoms with van der Waals surface area (Å²) in [6.45, 7) is 6.02. The number of carbonyl (C=O) groups excluding carboxylic acids is 1. The van der Waals surface area contributed by atoms with Crippen molar-refractivity contribution in [1.82, 2.24) is 4.57 Å². The predicted molar refractivity (Wildman–Crippen MR) is 58.9 cm³/mol. The van der Waals surface area contributed by atoms with Crippen molar-refractivity contribution in [2.75, 3.05) is 0 Å². The van der Waals surface area contributed by atoms with Gasteiger partial charge in [0.15, 0.2) is 5.43 Å². The van der Waals surface area contributed by atoms with Crippen LogP contribution in [0.25, 0.3) is 0 Å². The van der Waals surface area contributed by atoms with Crippen molar-refractivity contribution in [3.63, 3.8) is 0 Å². The molecular formula is C11H16N2O2. The second-order valence-corrected chi connectivity index (χ2v) is 4.66. The zero-order chi connectivity index (χ0) is 11.8. The molecule has 1 heterocycles. The Morgan fingerprint density at radius 1 is 1.40 bits per heavy atom. The number of primary amides is 1. The maximum absolute atomic E-state index is 11.6. The Morgan fingerprint density at radius 3 is 2.33 bits per heavy atom. The number of hydrogen-bond donors (Lipinski definition) is 1. The second-order valence-electron chi connectivity index (χ2n) is 4.66. The molecule has 1 rings (SSSR count). The fraction of sp³-hybridized carbons (Fsp3) is 0.455. The third-order valence-electron chi connectivity index (χ3n) is 2.27. The van der Waals surface area contributed by atoms with E-state index in [9.17, 15) is 9.59 Å². The van der Waals surface area contributed by atoms with Crippen molar-refractivity contribution in [1.29, 1.82) is 0 Å². The average Bonchev–Trinajstić information content (AvgIpc) is 2.06. The Bertz CT molecular complexity index is 453. The number of pyridine rings is 1. The maximum atomic E-state index is 11.6. The van der Waals surface area contributed by atoms with Crippen molar-refractivity contribution < 1.29 is 4.79 Å². The summed E-state index contributed by atoms with van der Waals surface area (Å²) in [6, 6.07) is 1.47. The molecular weight excluding hydrogens is 192 g/mol. The molecule has 0 aliphatic rings. The lowest BCUT2D eigenvalue weighted by molar-refractivity contribution is 0.0998. The molecule has 0 saturated heterocycles. The first-order valence-electron chi connectivity index (χ1n) is 4.74. The number of carbonyl (C=O) groups is 1. The Morgan fingerprint density at radius 2 is 1.93 bits per heavy atom. The minimum atomic E-state index is -0.684. The lowest BCUT2D eigenvalue weighted by atomic mass is 9.91. The lowest BCUT2D eigenvalue weighted by Crippen LogP contribution is -2.27. The molecule has 1 aromatic rings. The van der Waals surface area contributed by atoms with E-state index >= 15 is 0 Å². The van der Waals surface area contributed by atoms with E-state index in [1.807, 2.05) is 20.8 Å². The lowest BCUT2D eigenvalue weighted by Gasteiger charge is -2.22. The van der Waals surface area contributed by atoms with Gasteiger partial charge in [-0.05, 0) is 0 Å². The van der Waals surface area contributed by atoms with Crippen LogP contribution in [0, 0.1) is 0 Å². The molecule has 2 N–H and O–H groups in total. The third-order valence-corrected chi connectivity index (χ3v) is 2.27. The van der Waals surface area contributed by atoms with Crippen LogP contribution in [-0.2, 0) is 12.5 Å². The largest absolute Gasteiger partial charge is 0.365 e. The van der Waals surface area contributed by atoms with Crippen molar-refractivity contribution in [2.24, 2.45) is 12.8 Å². The maximum Gasteiger partial charge on any atom is 0.254 e. The second kappa shape index (κ2) is 3.53. The summed E-state index contributed by atoms with van der Waals surface area (Å²) < 4.78 is 1.77. The molecule has 0 saturated carbocycles. The van der Waals surface area contributed by atoms with Gasteiger partial charge >= 0.3 is 0 Å². The monoisotopic (exact) mass is 208 g/mol. The molecule has 0 spiro atoms. The highest BCUT2D eigenvalue weighted by molar-refractivity contribution is 5.92. The molecule has 4 heteroatoms. The highest BCUT2D eigenvalue weighted by atomic mass is 16.2. The number of nitrogens with zero attached hydrogens (tertiary/aromatic N) is 1. The van der Waals surface area contributed by atoms with Gasteiger partial charge in [-0.25, -0.2) is 0 Å². The van der Waals surface area contributed by atoms with Crippen molar-refractivity contribution in [3.05, 3.63) is 33.7 Å². The van der Waals surface area contributed by atoms with Gasteiger partial charge in [0, 0.05) is 30.4 Å². The summed E-state index contributed by atoms with van der Waals surface area (Å²) in [5, 5.41) is 0. The molecule has 1 amide bonds. The molecule has 0 unspecified atom stereocenters. The van der Waals surface area contributed by atoms with Crippen molar-refractivity contribution in [3.8, 4) is 0 Å². The molecule has 0 aromatic carbocycles. The zero-order valence-electron chi connectivity index (χ0n) is 9.50. The fourth-order valence-electron chi connectivity index (χ4n) is 1.56. The van der Waals surface area contributed by atoms with E-state index in [1.165, 1.54) is 12.3 Å². The van der Waals surface area contributed by atoms with Crippen LogP contribution in [0.3, 0.4) is 0 Å². The summed E-state index contributed by atoms with van der Waals surface area (Å²) in [5.74, 6) is -0.684. The first kappa shape index (κ1) is 11.5. The van der Waals surface area contributed by atoms with E-state index in [-0.39, 0.29) is 16.4 Å². The quantitative estimate of drug-likeness (QED) is 0.741. The van der Waals surface area contributed by atoms with Crippen LogP contribution in [0.5, 0.6) is 0 Å². The molecule has 0 radical (unpaired) electrons. The van der Waals surface area contributed by atoms with Gasteiger partial charge in [-0.15, -0.1) is 0 Å². The highest BCUT2D eigenvalue weighted by Crippen LogP contribution is 2.20. The molecule has 0 aliphatic carbocycles. The van der Waals surface area contributed by atoms with E-state index in [1.54, 1.807) is 11.6 Å². The zero-order valence-corrected chi connectivity index (χ0v) is 9.50. The van der Waals surface area contributed by atoms with Crippen LogP contribution in [0.1, 0.15) is 36.8 Å². The minimum absolute atomic E-state index is 0.0329. The van der Waals surface area contributed by atoms with E-state index in [2.05, 4.69) is 0 Å². The number of rotatable bonds is 1. The fourth-order valence-corrected chi connectivity index (χ4v) is 1.56. The summed E-state index contributed by atoms with van der Waals surface area (Å²) in [6.07, 6.45) is 1.49. The minimum Gasteiger partial charge on any atom is -0.365 e. The van der Waals surface area contributed by atoms with E-state index in [0.717, 1.165) is 5.69 Å². The van der Waals surface area contributed by atoms with Crippen molar-refractivity contribution in [2.45, 2.75) is 26.2 Å². The standard InChI is InChI=1S/C11H16N2O2/c1-11(2,3)9-5-8(14)7(10(12)15)6-13(9)4/h5-6H,1-4H3,(H2,12,15). The van der Waals surface area contributed by atoms with Gasteiger partial charge in [0.05, 0.1) is 0 Å². The Hall–Kier alpha value is -1.58. The number of nitrogens with two attached hydrogens (primary N) is 1. The summed E-state index contributed by atoms with van der Waals surface area (Å²) >= 11 is 0. The van der Waals surface area contributed by atoms with Crippen LogP contribution in [0.4, 0.5) is 0 Å². The highest BCUT2D eigenvalue weighted by Gasteiger charge is 2.19. The number of aryl methyl sites for hydroxylation is 1. The average molecular weight is 208 g/mol. The molecule has 0 bridgehead atoms. The van der Waals surface area contributed by atoms with E-state index in [0.29, 0.717) is 0 Å². The summed E-state index contributed by atoms with van der Waals surface area (Å²) in [5.41, 5.74) is 5.55. The number of hydrogen-bond acceptors (Lipinski definition) is 2. The molecule has 0 fully saturated rings. The van der Waals surface area contributed by atoms with Crippen LogP contribution in [-0.4, -0.2) is 10.5 Å². The van der Waals surface area contributed by atoms with Crippen molar-refractivity contribution >= 4 is 5.91 Å². The van der Waals surface area contributed by atoms with Crippen LogP contribution >= 0.6 is 0 Å². The Labute approximate surface area is 88.7 Å². The molecule has 82 valence electrons. The molecule has 4 nitrogen and oxygen atoms in total. The molecule has 0 aliphatic heterocycles. The Kier molecular flexibility index (Phi) is 2.71. The molecule has 15 heavy (non-hydrogen) atoms. The summed E-state index contributed by atoms with van der Waals surface area (Å²) in [7, 11) is 1.80. The predicted octanol–water partition coefficient (Wildman–Crippen LogP) is 0.782. The first-order chi connectivity index (χ1) is 6.73. The van der Waals surface area contributed by atoms with E-state index in [4.69, 9.17) is 5.73 Å². The van der Waals surface area contributed by atoms with Gasteiger partial charge in [0.2, 0.25) is 0 Å². The van der Waals surface area contributed by atoms with Gasteiger partial charge in [-0.3, -0.25) is 9.59 Å². The van der Waals surface area contributed by atoms with Gasteiger partial charge < -0.3 is 10.3 Å². The van der Waals surface area contributed by atoms with Gasteiger partial charge in [-0.2, -0.15) is 0 Å². The Balaban J connectivity index is 3.46. The topological polar surface area (TPSA) is 65.1 Å². The third kappa shape index (κ3) is 2.26. The molecule has 0 atom stereocenters. The van der Waals surface area contributed by atoms with Gasteiger partial charge in [-0.1, -0.05) is 20.8 Å². The number of aromatic nitrogens is 1. The first-order valence-corrected chi connectivity index (χ1v) is 4.74. The van der Waals surface area contributed by atoms with Crippen LogP contribution in [0.15, 0.2) is 17.1 Å². The van der Waals surface area contributed by atoms with Crippen LogP contribution in [0.2, 0.25) is 0 Å². The van der Waals surface area contributed by atoms with Crippen LogP contribution < -0.4 is 11.2 Å².